The van der Waals surface area contributed by atoms with Crippen LogP contribution in [-0.4, -0.2) is 20.1 Å². The summed E-state index contributed by atoms with van der Waals surface area (Å²) in [5.41, 5.74) is 1.00. The van der Waals surface area contributed by atoms with Crippen molar-refractivity contribution in [3.05, 3.63) is 64.4 Å². The summed E-state index contributed by atoms with van der Waals surface area (Å²) in [7, 11) is 3.04. The maximum Gasteiger partial charge on any atom is 0.266 e. The van der Waals surface area contributed by atoms with Crippen LogP contribution in [0.15, 0.2) is 53.1 Å². The van der Waals surface area contributed by atoms with Crippen LogP contribution in [0.1, 0.15) is 11.7 Å². The predicted octanol–water partition coefficient (Wildman–Crippen LogP) is 3.14. The first kappa shape index (κ1) is 18.6. The van der Waals surface area contributed by atoms with Gasteiger partial charge in [0.2, 0.25) is 0 Å². The molecule has 0 radical (unpaired) electrons. The summed E-state index contributed by atoms with van der Waals surface area (Å²) in [6.45, 7) is 0. The standard InChI is InChI=1S/C19H16FN3O3S/c1-25-13-7-8-16(26-2)14(9-13)17-22-18(24)15(10-21)19(27)23(17)12-5-3-11(20)4-6-12/h3-9,17,27H,1-2H3,(H,22,24)/t17-/m0/s1. The monoisotopic (exact) mass is 385 g/mol. The second-order valence-electron chi connectivity index (χ2n) is 5.64. The van der Waals surface area contributed by atoms with Gasteiger partial charge in [-0.05, 0) is 42.5 Å². The zero-order chi connectivity index (χ0) is 19.6. The molecular formula is C19H16FN3O3S. The van der Waals surface area contributed by atoms with E-state index in [1.165, 1.54) is 38.5 Å². The molecule has 0 spiro atoms. The number of carbonyl (C=O) groups excluding carboxylic acids is 1. The minimum Gasteiger partial charge on any atom is -0.497 e. The Hall–Kier alpha value is -3.18. The summed E-state index contributed by atoms with van der Waals surface area (Å²) in [6, 6.07) is 12.7. The number of hydrogen-bond acceptors (Lipinski definition) is 6. The van der Waals surface area contributed by atoms with Crippen LogP contribution in [-0.2, 0) is 4.79 Å². The molecule has 0 fully saturated rings. The van der Waals surface area contributed by atoms with Crippen molar-refractivity contribution < 1.29 is 18.7 Å². The summed E-state index contributed by atoms with van der Waals surface area (Å²) < 4.78 is 24.1. The van der Waals surface area contributed by atoms with E-state index in [4.69, 9.17) is 9.47 Å². The van der Waals surface area contributed by atoms with Gasteiger partial charge in [-0.15, -0.1) is 12.6 Å². The average Bonchev–Trinajstić information content (AvgIpc) is 2.68. The summed E-state index contributed by atoms with van der Waals surface area (Å²) >= 11 is 4.41. The SMILES string of the molecule is COc1ccc(OC)c([C@H]2NC(=O)C(C#N)=C(S)N2c2ccc(F)cc2)c1. The highest BCUT2D eigenvalue weighted by Gasteiger charge is 2.35. The number of carbonyl (C=O) groups is 1. The van der Waals surface area contributed by atoms with Gasteiger partial charge in [0.25, 0.3) is 5.91 Å². The van der Waals surface area contributed by atoms with Crippen molar-refractivity contribution in [2.45, 2.75) is 6.17 Å². The molecule has 27 heavy (non-hydrogen) atoms. The normalized spacial score (nSPS) is 16.6. The van der Waals surface area contributed by atoms with Crippen LogP contribution < -0.4 is 19.7 Å². The van der Waals surface area contributed by atoms with Crippen molar-refractivity contribution in [2.75, 3.05) is 19.1 Å². The summed E-state index contributed by atoms with van der Waals surface area (Å²) in [6.07, 6.45) is -0.738. The number of benzene rings is 2. The number of hydrogen-bond donors (Lipinski definition) is 2. The summed E-state index contributed by atoms with van der Waals surface area (Å²) in [4.78, 5) is 14.0. The van der Waals surface area contributed by atoms with Crippen molar-refractivity contribution in [2.24, 2.45) is 0 Å². The molecule has 1 heterocycles. The van der Waals surface area contributed by atoms with E-state index in [2.05, 4.69) is 17.9 Å². The number of thiol groups is 1. The van der Waals surface area contributed by atoms with Gasteiger partial charge in [0.1, 0.15) is 35.1 Å². The van der Waals surface area contributed by atoms with Crippen LogP contribution >= 0.6 is 12.6 Å². The second kappa shape index (κ2) is 7.60. The Morgan fingerprint density at radius 2 is 1.89 bits per heavy atom. The minimum atomic E-state index is -0.738. The highest BCUT2D eigenvalue weighted by atomic mass is 32.1. The van der Waals surface area contributed by atoms with E-state index in [-0.39, 0.29) is 10.6 Å². The van der Waals surface area contributed by atoms with Gasteiger partial charge in [0, 0.05) is 11.3 Å². The molecule has 2 aromatic rings. The Morgan fingerprint density at radius 1 is 1.19 bits per heavy atom. The van der Waals surface area contributed by atoms with Crippen molar-refractivity contribution in [3.8, 4) is 17.6 Å². The van der Waals surface area contributed by atoms with Crippen LogP contribution in [0, 0.1) is 17.1 Å². The van der Waals surface area contributed by atoms with Gasteiger partial charge in [0.15, 0.2) is 0 Å². The maximum atomic E-state index is 13.4. The number of halogens is 1. The van der Waals surface area contributed by atoms with Crippen molar-refractivity contribution >= 4 is 24.2 Å². The number of nitriles is 1. The first-order chi connectivity index (χ1) is 13.0. The van der Waals surface area contributed by atoms with E-state index in [0.717, 1.165) is 0 Å². The van der Waals surface area contributed by atoms with Gasteiger partial charge in [-0.25, -0.2) is 4.39 Å². The lowest BCUT2D eigenvalue weighted by Crippen LogP contribution is -2.46. The van der Waals surface area contributed by atoms with Crippen molar-refractivity contribution in [1.29, 1.82) is 5.26 Å². The maximum absolute atomic E-state index is 13.4. The third-order valence-corrected chi connectivity index (χ3v) is 4.59. The van der Waals surface area contributed by atoms with Crippen molar-refractivity contribution in [3.63, 3.8) is 0 Å². The lowest BCUT2D eigenvalue weighted by atomic mass is 10.1. The van der Waals surface area contributed by atoms with E-state index < -0.39 is 17.9 Å². The molecule has 1 aliphatic heterocycles. The predicted molar refractivity (Wildman–Crippen MR) is 101 cm³/mol. The van der Waals surface area contributed by atoms with Crippen LogP contribution in [0.5, 0.6) is 11.5 Å². The Bertz CT molecular complexity index is 954. The van der Waals surface area contributed by atoms with Gasteiger partial charge < -0.3 is 19.7 Å². The number of anilines is 1. The summed E-state index contributed by atoms with van der Waals surface area (Å²) in [5.74, 6) is 0.112. The zero-order valence-electron chi connectivity index (χ0n) is 14.6. The van der Waals surface area contributed by atoms with Gasteiger partial charge >= 0.3 is 0 Å². The van der Waals surface area contributed by atoms with E-state index in [9.17, 15) is 14.4 Å². The molecule has 0 saturated carbocycles. The Kier molecular flexibility index (Phi) is 5.23. The lowest BCUT2D eigenvalue weighted by Gasteiger charge is -2.38. The molecule has 1 aliphatic rings. The molecule has 1 atom stereocenters. The molecule has 0 aromatic heterocycles. The molecule has 1 amide bonds. The molecule has 0 bridgehead atoms. The average molecular weight is 385 g/mol. The first-order valence-electron chi connectivity index (χ1n) is 7.91. The molecule has 2 aromatic carbocycles. The minimum absolute atomic E-state index is 0.138. The smallest absolute Gasteiger partial charge is 0.266 e. The molecule has 6 nitrogen and oxygen atoms in total. The fourth-order valence-corrected chi connectivity index (χ4v) is 3.23. The number of nitrogens with zero attached hydrogens (tertiary/aromatic N) is 2. The molecular weight excluding hydrogens is 369 g/mol. The van der Waals surface area contributed by atoms with Gasteiger partial charge in [-0.3, -0.25) is 4.79 Å². The fraction of sp³-hybridized carbons (Fsp3) is 0.158. The molecule has 1 N–H and O–H groups in total. The van der Waals surface area contributed by atoms with Crippen LogP contribution in [0.2, 0.25) is 0 Å². The molecule has 0 saturated heterocycles. The molecule has 3 rings (SSSR count). The number of nitrogens with one attached hydrogen (secondary N) is 1. The van der Waals surface area contributed by atoms with Crippen molar-refractivity contribution in [1.82, 2.24) is 5.32 Å². The Morgan fingerprint density at radius 3 is 2.48 bits per heavy atom. The molecule has 0 aliphatic carbocycles. The third kappa shape index (κ3) is 3.41. The largest absolute Gasteiger partial charge is 0.497 e. The molecule has 138 valence electrons. The second-order valence-corrected chi connectivity index (χ2v) is 6.06. The van der Waals surface area contributed by atoms with Crippen LogP contribution in [0.3, 0.4) is 0 Å². The highest BCUT2D eigenvalue weighted by molar-refractivity contribution is 7.84. The quantitative estimate of drug-likeness (QED) is 0.791. The number of rotatable bonds is 4. The number of methoxy groups -OCH3 is 2. The zero-order valence-corrected chi connectivity index (χ0v) is 15.5. The first-order valence-corrected chi connectivity index (χ1v) is 8.35. The van der Waals surface area contributed by atoms with Crippen LogP contribution in [0.25, 0.3) is 0 Å². The Labute approximate surface area is 161 Å². The Balaban J connectivity index is 2.21. The lowest BCUT2D eigenvalue weighted by molar-refractivity contribution is -0.118. The van der Waals surface area contributed by atoms with Gasteiger partial charge in [-0.1, -0.05) is 0 Å². The summed E-state index contributed by atoms with van der Waals surface area (Å²) in [5, 5.41) is 12.3. The molecule has 8 heteroatoms. The van der Waals surface area contributed by atoms with E-state index >= 15 is 0 Å². The molecule has 0 unspecified atom stereocenters. The number of amides is 1. The van der Waals surface area contributed by atoms with E-state index in [1.807, 2.05) is 6.07 Å². The van der Waals surface area contributed by atoms with Gasteiger partial charge in [-0.2, -0.15) is 5.26 Å². The van der Waals surface area contributed by atoms with Gasteiger partial charge in [0.05, 0.1) is 19.2 Å². The van der Waals surface area contributed by atoms with E-state index in [1.54, 1.807) is 23.1 Å². The topological polar surface area (TPSA) is 74.6 Å². The van der Waals surface area contributed by atoms with Crippen LogP contribution in [0.4, 0.5) is 10.1 Å². The highest BCUT2D eigenvalue weighted by Crippen LogP contribution is 2.39. The fourth-order valence-electron chi connectivity index (χ4n) is 2.85. The third-order valence-electron chi connectivity index (χ3n) is 4.15. The number of ether oxygens (including phenoxy) is 2. The van der Waals surface area contributed by atoms with E-state index in [0.29, 0.717) is 22.7 Å².